The van der Waals surface area contributed by atoms with Gasteiger partial charge in [0.1, 0.15) is 0 Å². The molecule has 0 atom stereocenters. The van der Waals surface area contributed by atoms with Gasteiger partial charge < -0.3 is 4.98 Å². The quantitative estimate of drug-likeness (QED) is 0.769. The van der Waals surface area contributed by atoms with E-state index < -0.39 is 10.0 Å². The summed E-state index contributed by atoms with van der Waals surface area (Å²) in [7, 11) is -3.49. The minimum Gasteiger partial charge on any atom is -0.306 e. The molecule has 0 amide bonds. The third-order valence-corrected chi connectivity index (χ3v) is 6.98. The topological polar surface area (TPSA) is 75.2 Å². The molecule has 0 saturated carbocycles. The summed E-state index contributed by atoms with van der Waals surface area (Å²) in [4.78, 5) is 15.5. The molecule has 4 rings (SSSR count). The summed E-state index contributed by atoms with van der Waals surface area (Å²) in [5, 5.41) is 0. The molecule has 1 saturated heterocycles. The number of piperidine rings is 1. The molecule has 136 valence electrons. The van der Waals surface area contributed by atoms with Crippen LogP contribution in [0.2, 0.25) is 0 Å². The van der Waals surface area contributed by atoms with Crippen LogP contribution in [0.15, 0.2) is 58.2 Å². The summed E-state index contributed by atoms with van der Waals surface area (Å²) in [6.07, 6.45) is 1.24. The van der Waals surface area contributed by atoms with Gasteiger partial charge in [-0.1, -0.05) is 29.8 Å². The third-order valence-electron chi connectivity index (χ3n) is 5.07. The van der Waals surface area contributed by atoms with Gasteiger partial charge >= 0.3 is 5.69 Å². The van der Waals surface area contributed by atoms with Crippen molar-refractivity contribution >= 4 is 21.1 Å². The highest BCUT2D eigenvalue weighted by Gasteiger charge is 2.31. The molecule has 1 N–H and O–H groups in total. The lowest BCUT2D eigenvalue weighted by Gasteiger charge is -2.31. The van der Waals surface area contributed by atoms with Gasteiger partial charge in [-0.15, -0.1) is 0 Å². The van der Waals surface area contributed by atoms with Crippen LogP contribution in [0.4, 0.5) is 0 Å². The van der Waals surface area contributed by atoms with Crippen molar-refractivity contribution in [3.8, 4) is 0 Å². The van der Waals surface area contributed by atoms with Crippen LogP contribution in [0.25, 0.3) is 11.0 Å². The van der Waals surface area contributed by atoms with Crippen molar-refractivity contribution in [2.45, 2.75) is 30.7 Å². The maximum absolute atomic E-state index is 12.8. The molecule has 2 aromatic carbocycles. The van der Waals surface area contributed by atoms with E-state index in [1.165, 1.54) is 4.31 Å². The van der Waals surface area contributed by atoms with Gasteiger partial charge in [0.2, 0.25) is 10.0 Å². The van der Waals surface area contributed by atoms with Crippen LogP contribution in [0.1, 0.15) is 24.4 Å². The van der Waals surface area contributed by atoms with Gasteiger partial charge in [0.25, 0.3) is 0 Å². The van der Waals surface area contributed by atoms with Gasteiger partial charge in [-0.3, -0.25) is 4.57 Å². The first kappa shape index (κ1) is 17.1. The number of H-pyrrole nitrogens is 1. The van der Waals surface area contributed by atoms with E-state index >= 15 is 0 Å². The van der Waals surface area contributed by atoms with Crippen molar-refractivity contribution in [2.75, 3.05) is 13.1 Å². The van der Waals surface area contributed by atoms with Gasteiger partial charge in [-0.25, -0.2) is 13.2 Å². The second-order valence-corrected chi connectivity index (χ2v) is 8.70. The van der Waals surface area contributed by atoms with Crippen LogP contribution in [0, 0.1) is 6.92 Å². The lowest BCUT2D eigenvalue weighted by Crippen LogP contribution is -2.40. The van der Waals surface area contributed by atoms with E-state index in [0.29, 0.717) is 30.8 Å². The minimum atomic E-state index is -3.49. The first-order valence-electron chi connectivity index (χ1n) is 8.73. The van der Waals surface area contributed by atoms with E-state index in [1.54, 1.807) is 16.7 Å². The molecule has 0 unspecified atom stereocenters. The molecule has 0 radical (unpaired) electrons. The predicted octanol–water partition coefficient (Wildman–Crippen LogP) is 2.66. The molecule has 0 aliphatic carbocycles. The van der Waals surface area contributed by atoms with E-state index in [9.17, 15) is 13.2 Å². The molecule has 0 bridgehead atoms. The number of aryl methyl sites for hydroxylation is 1. The van der Waals surface area contributed by atoms with E-state index in [4.69, 9.17) is 0 Å². The minimum absolute atomic E-state index is 0.00289. The zero-order valence-corrected chi connectivity index (χ0v) is 15.4. The van der Waals surface area contributed by atoms with Crippen molar-refractivity contribution in [3.63, 3.8) is 0 Å². The van der Waals surface area contributed by atoms with E-state index in [-0.39, 0.29) is 11.7 Å². The number of aromatic nitrogens is 2. The summed E-state index contributed by atoms with van der Waals surface area (Å²) >= 11 is 0. The fourth-order valence-corrected chi connectivity index (χ4v) is 5.11. The smallest absolute Gasteiger partial charge is 0.306 e. The molecule has 1 fully saturated rings. The van der Waals surface area contributed by atoms with Gasteiger partial charge in [-0.05, 0) is 44.0 Å². The lowest BCUT2D eigenvalue weighted by molar-refractivity contribution is 0.274. The first-order valence-corrected chi connectivity index (χ1v) is 10.2. The monoisotopic (exact) mass is 371 g/mol. The summed E-state index contributed by atoms with van der Waals surface area (Å²) in [5.74, 6) is 0. The van der Waals surface area contributed by atoms with Crippen molar-refractivity contribution in [2.24, 2.45) is 0 Å². The van der Waals surface area contributed by atoms with Crippen molar-refractivity contribution < 1.29 is 8.42 Å². The maximum Gasteiger partial charge on any atom is 0.326 e. The number of imidazole rings is 1. The van der Waals surface area contributed by atoms with Crippen LogP contribution in [-0.4, -0.2) is 35.4 Å². The molecule has 3 aromatic rings. The fourth-order valence-electron chi connectivity index (χ4n) is 3.64. The molecule has 0 spiro atoms. The van der Waals surface area contributed by atoms with Crippen molar-refractivity contribution in [1.82, 2.24) is 13.9 Å². The lowest BCUT2D eigenvalue weighted by atomic mass is 10.1. The van der Waals surface area contributed by atoms with Gasteiger partial charge in [0.05, 0.1) is 15.9 Å². The van der Waals surface area contributed by atoms with Crippen molar-refractivity contribution in [3.05, 3.63) is 64.6 Å². The molecule has 1 aliphatic rings. The molecule has 1 aliphatic heterocycles. The number of sulfonamides is 1. The highest BCUT2D eigenvalue weighted by atomic mass is 32.2. The standard InChI is InChI=1S/C19H21N3O3S/c1-14-6-8-16(9-7-14)26(24,25)21-12-10-15(11-13-21)22-18-5-3-2-4-17(18)20-19(22)23/h2-9,15H,10-13H2,1H3,(H,20,23). The van der Waals surface area contributed by atoms with Gasteiger partial charge in [0, 0.05) is 19.1 Å². The van der Waals surface area contributed by atoms with Crippen molar-refractivity contribution in [1.29, 1.82) is 0 Å². The Bertz CT molecular complexity index is 1090. The molecule has 6 nitrogen and oxygen atoms in total. The average Bonchev–Trinajstić information content (AvgIpc) is 2.98. The summed E-state index contributed by atoms with van der Waals surface area (Å²) in [5.41, 5.74) is 2.58. The Morgan fingerprint density at radius 2 is 1.65 bits per heavy atom. The van der Waals surface area contributed by atoms with Crippen LogP contribution in [0.3, 0.4) is 0 Å². The van der Waals surface area contributed by atoms with Gasteiger partial charge in [0.15, 0.2) is 0 Å². The number of rotatable bonds is 3. The number of nitrogens with one attached hydrogen (secondary N) is 1. The highest BCUT2D eigenvalue weighted by molar-refractivity contribution is 7.89. The summed E-state index contributed by atoms with van der Waals surface area (Å²) < 4.78 is 28.9. The Balaban J connectivity index is 1.56. The highest BCUT2D eigenvalue weighted by Crippen LogP contribution is 2.28. The number of fused-ring (bicyclic) bond motifs is 1. The van der Waals surface area contributed by atoms with Gasteiger partial charge in [-0.2, -0.15) is 4.31 Å². The zero-order valence-electron chi connectivity index (χ0n) is 14.6. The number of hydrogen-bond donors (Lipinski definition) is 1. The number of nitrogens with zero attached hydrogens (tertiary/aromatic N) is 2. The van der Waals surface area contributed by atoms with E-state index in [0.717, 1.165) is 16.6 Å². The second-order valence-electron chi connectivity index (χ2n) is 6.77. The number of benzene rings is 2. The number of hydrogen-bond acceptors (Lipinski definition) is 3. The summed E-state index contributed by atoms with van der Waals surface area (Å²) in [6, 6.07) is 14.5. The molecule has 7 heteroatoms. The average molecular weight is 371 g/mol. The van der Waals surface area contributed by atoms with E-state index in [1.807, 2.05) is 43.3 Å². The Labute approximate surface area is 152 Å². The molecule has 26 heavy (non-hydrogen) atoms. The molecular formula is C19H21N3O3S. The number of para-hydroxylation sites is 2. The Morgan fingerprint density at radius 1 is 1.00 bits per heavy atom. The second kappa shape index (κ2) is 6.41. The van der Waals surface area contributed by atoms with Crippen LogP contribution < -0.4 is 5.69 Å². The van der Waals surface area contributed by atoms with Crippen LogP contribution in [-0.2, 0) is 10.0 Å². The van der Waals surface area contributed by atoms with E-state index in [2.05, 4.69) is 4.98 Å². The number of aromatic amines is 1. The first-order chi connectivity index (χ1) is 12.5. The van der Waals surface area contributed by atoms with Crippen LogP contribution in [0.5, 0.6) is 0 Å². The molecule has 2 heterocycles. The maximum atomic E-state index is 12.8. The molecule has 1 aromatic heterocycles. The Kier molecular flexibility index (Phi) is 4.20. The zero-order chi connectivity index (χ0) is 18.3. The normalized spacial score (nSPS) is 17.0. The molecular weight excluding hydrogens is 350 g/mol. The summed E-state index contributed by atoms with van der Waals surface area (Å²) in [6.45, 7) is 2.75. The Hall–Kier alpha value is -2.38. The Morgan fingerprint density at radius 3 is 2.35 bits per heavy atom. The predicted molar refractivity (Wildman–Crippen MR) is 101 cm³/mol. The SMILES string of the molecule is Cc1ccc(S(=O)(=O)N2CCC(n3c(=O)[nH]c4ccccc43)CC2)cc1. The largest absolute Gasteiger partial charge is 0.326 e. The fraction of sp³-hybridized carbons (Fsp3) is 0.316. The third kappa shape index (κ3) is 2.87. The van der Waals surface area contributed by atoms with Crippen LogP contribution >= 0.6 is 0 Å².